The third-order valence-electron chi connectivity index (χ3n) is 8.17. The van der Waals surface area contributed by atoms with Gasteiger partial charge in [0.1, 0.15) is 0 Å². The molecule has 0 radical (unpaired) electrons. The lowest BCUT2D eigenvalue weighted by atomic mass is 9.99. The summed E-state index contributed by atoms with van der Waals surface area (Å²) in [7, 11) is 0. The van der Waals surface area contributed by atoms with E-state index < -0.39 is 0 Å². The second kappa shape index (κ2) is 10.3. The van der Waals surface area contributed by atoms with E-state index in [1.165, 1.54) is 119 Å². The second-order valence-electron chi connectivity index (χ2n) is 9.48. The fourth-order valence-electron chi connectivity index (χ4n) is 5.86. The van der Waals surface area contributed by atoms with Crippen molar-refractivity contribution in [3.8, 4) is 0 Å². The molecule has 0 N–H and O–H groups in total. The lowest BCUT2D eigenvalue weighted by Crippen LogP contribution is -2.58. The molecule has 2 fully saturated rings. The van der Waals surface area contributed by atoms with Gasteiger partial charge in [-0.15, -0.1) is 0 Å². The third-order valence-corrected chi connectivity index (χ3v) is 8.17. The molecule has 2 nitrogen and oxygen atoms in total. The van der Waals surface area contributed by atoms with E-state index in [4.69, 9.17) is 0 Å². The minimum Gasteiger partial charge on any atom is -0.321 e. The van der Waals surface area contributed by atoms with Crippen molar-refractivity contribution in [2.75, 3.05) is 39.3 Å². The Morgan fingerprint density at radius 1 is 0.560 bits per heavy atom. The highest BCUT2D eigenvalue weighted by Gasteiger charge is 2.35. The van der Waals surface area contributed by atoms with Crippen molar-refractivity contribution in [3.63, 3.8) is 0 Å². The number of unbranched alkanes of at least 4 members (excludes halogenated alkanes) is 2. The first-order chi connectivity index (χ1) is 12.1. The summed E-state index contributed by atoms with van der Waals surface area (Å²) in [4.78, 5) is 0. The molecule has 0 spiro atoms. The van der Waals surface area contributed by atoms with Crippen LogP contribution in [0.3, 0.4) is 0 Å². The van der Waals surface area contributed by atoms with Gasteiger partial charge in [0, 0.05) is 0 Å². The summed E-state index contributed by atoms with van der Waals surface area (Å²) in [5, 5.41) is 0. The molecular weight excluding hydrogens is 304 g/mol. The maximum absolute atomic E-state index is 2.52. The summed E-state index contributed by atoms with van der Waals surface area (Å²) >= 11 is 0. The second-order valence-corrected chi connectivity index (χ2v) is 9.48. The molecule has 2 atom stereocenters. The first-order valence-electron chi connectivity index (χ1n) is 11.8. The first-order valence-corrected chi connectivity index (χ1v) is 11.8. The summed E-state index contributed by atoms with van der Waals surface area (Å²) in [6.07, 6.45) is 15.9. The number of likely N-dealkylation sites (tertiary alicyclic amines) is 2. The van der Waals surface area contributed by atoms with Gasteiger partial charge in [-0.05, 0) is 84.5 Å². The van der Waals surface area contributed by atoms with Crippen molar-refractivity contribution in [2.24, 2.45) is 0 Å². The topological polar surface area (TPSA) is 0 Å². The lowest BCUT2D eigenvalue weighted by Gasteiger charge is -2.47. The fourth-order valence-corrected chi connectivity index (χ4v) is 5.86. The summed E-state index contributed by atoms with van der Waals surface area (Å²) in [6.45, 7) is 18.6. The van der Waals surface area contributed by atoms with Gasteiger partial charge in [-0.3, -0.25) is 0 Å². The number of hydrogen-bond acceptors (Lipinski definition) is 0. The molecule has 2 aliphatic rings. The normalized spacial score (nSPS) is 25.4. The third kappa shape index (κ3) is 5.45. The zero-order chi connectivity index (χ0) is 18.2. The first kappa shape index (κ1) is 21.2. The van der Waals surface area contributed by atoms with E-state index in [2.05, 4.69) is 27.7 Å². The Hall–Kier alpha value is -0.0800. The molecule has 0 aromatic carbocycles. The van der Waals surface area contributed by atoms with Crippen molar-refractivity contribution >= 4 is 0 Å². The van der Waals surface area contributed by atoms with Gasteiger partial charge in [0.05, 0.1) is 51.4 Å². The van der Waals surface area contributed by atoms with Crippen LogP contribution in [0.2, 0.25) is 0 Å². The molecule has 0 bridgehead atoms. The van der Waals surface area contributed by atoms with Crippen LogP contribution in [0.25, 0.3) is 0 Å². The van der Waals surface area contributed by atoms with Gasteiger partial charge in [-0.2, -0.15) is 0 Å². The van der Waals surface area contributed by atoms with E-state index in [0.29, 0.717) is 0 Å². The average molecular weight is 353 g/mol. The van der Waals surface area contributed by atoms with Crippen LogP contribution < -0.4 is 0 Å². The van der Waals surface area contributed by atoms with Crippen molar-refractivity contribution in [2.45, 2.75) is 110 Å². The molecule has 0 aromatic rings. The minimum absolute atomic E-state index is 0.876. The van der Waals surface area contributed by atoms with Crippen molar-refractivity contribution in [1.82, 2.24) is 0 Å². The van der Waals surface area contributed by atoms with Crippen LogP contribution in [0, 0.1) is 0 Å². The van der Waals surface area contributed by atoms with E-state index in [1.807, 2.05) is 0 Å². The maximum atomic E-state index is 2.52. The maximum Gasteiger partial charge on any atom is 0.0859 e. The van der Waals surface area contributed by atoms with E-state index >= 15 is 0 Å². The zero-order valence-electron chi connectivity index (χ0n) is 18.1. The van der Waals surface area contributed by atoms with Gasteiger partial charge in [-0.25, -0.2) is 0 Å². The standard InChI is InChI=1S/C23H48N2/c1-5-22(3)24(16-10-7-11-17-24)20-14-9-15-21-25(23(4)6-2)18-12-8-13-19-25/h22-23H,5-21H2,1-4H3/q+2. The number of quaternary nitrogens is 2. The molecular formula is C23H48N2+2. The monoisotopic (exact) mass is 352 g/mol. The number of hydrogen-bond donors (Lipinski definition) is 0. The van der Waals surface area contributed by atoms with Crippen LogP contribution >= 0.6 is 0 Å². The van der Waals surface area contributed by atoms with Crippen LogP contribution in [-0.4, -0.2) is 60.3 Å². The Bertz CT molecular complexity index is 319. The van der Waals surface area contributed by atoms with Crippen molar-refractivity contribution in [1.29, 1.82) is 0 Å². The molecule has 2 heterocycles. The van der Waals surface area contributed by atoms with Crippen LogP contribution in [-0.2, 0) is 0 Å². The summed E-state index contributed by atoms with van der Waals surface area (Å²) in [5.41, 5.74) is 0. The number of rotatable bonds is 10. The van der Waals surface area contributed by atoms with Gasteiger partial charge in [0.15, 0.2) is 0 Å². The molecule has 0 aromatic heterocycles. The van der Waals surface area contributed by atoms with E-state index in [-0.39, 0.29) is 0 Å². The van der Waals surface area contributed by atoms with Gasteiger partial charge in [0.25, 0.3) is 0 Å². The molecule has 2 unspecified atom stereocenters. The Kier molecular flexibility index (Phi) is 8.75. The van der Waals surface area contributed by atoms with Crippen LogP contribution in [0.5, 0.6) is 0 Å². The molecule has 25 heavy (non-hydrogen) atoms. The van der Waals surface area contributed by atoms with Crippen LogP contribution in [0.1, 0.15) is 98.3 Å². The van der Waals surface area contributed by atoms with E-state index in [9.17, 15) is 0 Å². The number of nitrogens with zero attached hydrogens (tertiary/aromatic N) is 2. The Labute approximate surface area is 159 Å². The van der Waals surface area contributed by atoms with Gasteiger partial charge in [-0.1, -0.05) is 13.8 Å². The van der Waals surface area contributed by atoms with Crippen LogP contribution in [0.15, 0.2) is 0 Å². The summed E-state index contributed by atoms with van der Waals surface area (Å²) < 4.78 is 2.89. The molecule has 0 amide bonds. The van der Waals surface area contributed by atoms with Gasteiger partial charge < -0.3 is 8.97 Å². The fraction of sp³-hybridized carbons (Fsp3) is 1.00. The summed E-state index contributed by atoms with van der Waals surface area (Å²) in [6, 6.07) is 1.75. The smallest absolute Gasteiger partial charge is 0.0859 e. The Morgan fingerprint density at radius 3 is 1.24 bits per heavy atom. The molecule has 2 rings (SSSR count). The molecule has 2 saturated heterocycles. The van der Waals surface area contributed by atoms with E-state index in [0.717, 1.165) is 12.1 Å². The highest BCUT2D eigenvalue weighted by atomic mass is 15.4. The SMILES string of the molecule is CCC(C)[N+]1(CCCCC[N+]2(C(C)CC)CCCCC2)CCCCC1. The molecule has 0 aliphatic carbocycles. The van der Waals surface area contributed by atoms with Crippen LogP contribution in [0.4, 0.5) is 0 Å². The lowest BCUT2D eigenvalue weighted by molar-refractivity contribution is -0.955. The average Bonchev–Trinajstić information content (AvgIpc) is 2.67. The molecule has 2 heteroatoms. The number of piperidine rings is 2. The van der Waals surface area contributed by atoms with Crippen molar-refractivity contribution in [3.05, 3.63) is 0 Å². The minimum atomic E-state index is 0.876. The zero-order valence-corrected chi connectivity index (χ0v) is 18.1. The molecule has 2 aliphatic heterocycles. The molecule has 0 saturated carbocycles. The summed E-state index contributed by atoms with van der Waals surface area (Å²) in [5.74, 6) is 0. The predicted octanol–water partition coefficient (Wildman–Crippen LogP) is 5.76. The quantitative estimate of drug-likeness (QED) is 0.346. The highest BCUT2D eigenvalue weighted by molar-refractivity contribution is 4.62. The highest BCUT2D eigenvalue weighted by Crippen LogP contribution is 2.28. The van der Waals surface area contributed by atoms with Gasteiger partial charge in [0.2, 0.25) is 0 Å². The Balaban J connectivity index is 1.78. The van der Waals surface area contributed by atoms with E-state index in [1.54, 1.807) is 0 Å². The largest absolute Gasteiger partial charge is 0.321 e. The predicted molar refractivity (Wildman–Crippen MR) is 111 cm³/mol. The van der Waals surface area contributed by atoms with Crippen molar-refractivity contribution < 1.29 is 8.97 Å². The Morgan fingerprint density at radius 2 is 0.920 bits per heavy atom. The van der Waals surface area contributed by atoms with Gasteiger partial charge >= 0.3 is 0 Å². The molecule has 148 valence electrons.